The first-order valence-electron chi connectivity index (χ1n) is 5.33. The van der Waals surface area contributed by atoms with Crippen molar-refractivity contribution in [3.63, 3.8) is 0 Å². The number of rotatable bonds is 4. The van der Waals surface area contributed by atoms with Gasteiger partial charge in [0.25, 0.3) is 0 Å². The van der Waals surface area contributed by atoms with E-state index in [2.05, 4.69) is 21.5 Å². The molecule has 2 aromatic heterocycles. The van der Waals surface area contributed by atoms with E-state index >= 15 is 0 Å². The molecule has 3 nitrogen and oxygen atoms in total. The molecule has 2 heterocycles. The molecule has 0 saturated carbocycles. The molecule has 0 saturated heterocycles. The van der Waals surface area contributed by atoms with Gasteiger partial charge in [0.2, 0.25) is 0 Å². The van der Waals surface area contributed by atoms with Gasteiger partial charge in [-0.2, -0.15) is 0 Å². The third-order valence-corrected chi connectivity index (χ3v) is 2.39. The Hall–Kier alpha value is -1.64. The van der Waals surface area contributed by atoms with Gasteiger partial charge in [-0.1, -0.05) is 13.3 Å². The van der Waals surface area contributed by atoms with E-state index in [1.54, 1.807) is 6.20 Å². The van der Waals surface area contributed by atoms with Crippen LogP contribution in [-0.4, -0.2) is 14.5 Å². The maximum Gasteiger partial charge on any atom is 0.141 e. The van der Waals surface area contributed by atoms with Crippen LogP contribution in [0.1, 0.15) is 19.8 Å². The summed E-state index contributed by atoms with van der Waals surface area (Å²) in [6, 6.07) is 3.98. The lowest BCUT2D eigenvalue weighted by Crippen LogP contribution is -1.99. The van der Waals surface area contributed by atoms with Crippen LogP contribution < -0.4 is 0 Å². The zero-order chi connectivity index (χ0) is 10.5. The maximum atomic E-state index is 4.36. The average molecular weight is 201 g/mol. The van der Waals surface area contributed by atoms with Crippen molar-refractivity contribution in [1.82, 2.24) is 14.5 Å². The first-order valence-corrected chi connectivity index (χ1v) is 5.33. The number of pyridine rings is 1. The molecular formula is C12H15N3. The summed E-state index contributed by atoms with van der Waals surface area (Å²) in [5.74, 6) is 1.01. The van der Waals surface area contributed by atoms with E-state index in [0.29, 0.717) is 0 Å². The molecule has 0 aliphatic heterocycles. The van der Waals surface area contributed by atoms with Crippen molar-refractivity contribution in [1.29, 1.82) is 0 Å². The predicted octanol–water partition coefficient (Wildman–Crippen LogP) is 2.75. The van der Waals surface area contributed by atoms with Gasteiger partial charge >= 0.3 is 0 Å². The molecule has 78 valence electrons. The molecule has 2 rings (SSSR count). The zero-order valence-corrected chi connectivity index (χ0v) is 8.93. The molecule has 0 radical (unpaired) electrons. The number of imidazole rings is 1. The summed E-state index contributed by atoms with van der Waals surface area (Å²) in [5, 5.41) is 0. The van der Waals surface area contributed by atoms with Crippen LogP contribution in [0, 0.1) is 0 Å². The minimum atomic E-state index is 1.01. The standard InChI is InChI=1S/C12H15N3/c1-2-3-8-15-9-7-14-12(15)11-5-4-6-13-10-11/h4-7,9-10H,2-3,8H2,1H3. The van der Waals surface area contributed by atoms with Crippen LogP contribution in [0.15, 0.2) is 36.9 Å². The quantitative estimate of drug-likeness (QED) is 0.761. The Morgan fingerprint density at radius 1 is 1.33 bits per heavy atom. The number of nitrogens with zero attached hydrogens (tertiary/aromatic N) is 3. The fourth-order valence-corrected chi connectivity index (χ4v) is 1.57. The molecule has 0 unspecified atom stereocenters. The Bertz CT molecular complexity index is 406. The van der Waals surface area contributed by atoms with Crippen LogP contribution in [0.5, 0.6) is 0 Å². The van der Waals surface area contributed by atoms with E-state index in [1.807, 2.05) is 30.7 Å². The van der Waals surface area contributed by atoms with Gasteiger partial charge in [0.05, 0.1) is 0 Å². The molecule has 0 amide bonds. The number of unbranched alkanes of at least 4 members (excludes halogenated alkanes) is 1. The summed E-state index contributed by atoms with van der Waals surface area (Å²) in [7, 11) is 0. The van der Waals surface area contributed by atoms with Crippen molar-refractivity contribution in [2.24, 2.45) is 0 Å². The molecule has 0 aliphatic rings. The van der Waals surface area contributed by atoms with Crippen molar-refractivity contribution >= 4 is 0 Å². The third kappa shape index (κ3) is 2.24. The lowest BCUT2D eigenvalue weighted by molar-refractivity contribution is 0.637. The fourth-order valence-electron chi connectivity index (χ4n) is 1.57. The van der Waals surface area contributed by atoms with Crippen molar-refractivity contribution in [2.45, 2.75) is 26.3 Å². The molecule has 0 bridgehead atoms. The van der Waals surface area contributed by atoms with Gasteiger partial charge < -0.3 is 4.57 Å². The van der Waals surface area contributed by atoms with Gasteiger partial charge in [-0.3, -0.25) is 4.98 Å². The molecule has 0 fully saturated rings. The number of aromatic nitrogens is 3. The van der Waals surface area contributed by atoms with Crippen LogP contribution in [-0.2, 0) is 6.54 Å². The lowest BCUT2D eigenvalue weighted by Gasteiger charge is -2.06. The second-order valence-corrected chi connectivity index (χ2v) is 3.54. The SMILES string of the molecule is CCCCn1ccnc1-c1cccnc1. The Morgan fingerprint density at radius 2 is 2.27 bits per heavy atom. The predicted molar refractivity (Wildman–Crippen MR) is 60.4 cm³/mol. The molecule has 15 heavy (non-hydrogen) atoms. The molecule has 0 aromatic carbocycles. The van der Waals surface area contributed by atoms with Crippen molar-refractivity contribution in [2.75, 3.05) is 0 Å². The third-order valence-electron chi connectivity index (χ3n) is 2.39. The number of hydrogen-bond acceptors (Lipinski definition) is 2. The highest BCUT2D eigenvalue weighted by molar-refractivity contribution is 5.53. The summed E-state index contributed by atoms with van der Waals surface area (Å²) in [6.45, 7) is 3.22. The first kappa shape index (κ1) is 9.90. The molecule has 0 atom stereocenters. The largest absolute Gasteiger partial charge is 0.331 e. The Kier molecular flexibility index (Phi) is 3.12. The molecule has 0 aliphatic carbocycles. The molecule has 2 aromatic rings. The first-order chi connectivity index (χ1) is 7.42. The summed E-state index contributed by atoms with van der Waals surface area (Å²) in [6.07, 6.45) is 9.89. The van der Waals surface area contributed by atoms with Crippen LogP contribution in [0.25, 0.3) is 11.4 Å². The zero-order valence-electron chi connectivity index (χ0n) is 8.93. The summed E-state index contributed by atoms with van der Waals surface area (Å²) < 4.78 is 2.18. The summed E-state index contributed by atoms with van der Waals surface area (Å²) in [5.41, 5.74) is 1.08. The van der Waals surface area contributed by atoms with Crippen molar-refractivity contribution < 1.29 is 0 Å². The topological polar surface area (TPSA) is 30.7 Å². The highest BCUT2D eigenvalue weighted by Gasteiger charge is 2.04. The van der Waals surface area contributed by atoms with Gasteiger partial charge in [0.15, 0.2) is 0 Å². The van der Waals surface area contributed by atoms with Crippen molar-refractivity contribution in [3.8, 4) is 11.4 Å². The van der Waals surface area contributed by atoms with E-state index in [4.69, 9.17) is 0 Å². The van der Waals surface area contributed by atoms with Crippen molar-refractivity contribution in [3.05, 3.63) is 36.9 Å². The lowest BCUT2D eigenvalue weighted by atomic mass is 10.2. The van der Waals surface area contributed by atoms with E-state index in [1.165, 1.54) is 12.8 Å². The van der Waals surface area contributed by atoms with Gasteiger partial charge in [0, 0.05) is 36.9 Å². The van der Waals surface area contributed by atoms with Gasteiger partial charge in [-0.25, -0.2) is 4.98 Å². The fraction of sp³-hybridized carbons (Fsp3) is 0.333. The second-order valence-electron chi connectivity index (χ2n) is 3.54. The number of hydrogen-bond donors (Lipinski definition) is 0. The van der Waals surface area contributed by atoms with Crippen LogP contribution >= 0.6 is 0 Å². The van der Waals surface area contributed by atoms with Crippen LogP contribution in [0.3, 0.4) is 0 Å². The number of aryl methyl sites for hydroxylation is 1. The molecular weight excluding hydrogens is 186 g/mol. The van der Waals surface area contributed by atoms with Gasteiger partial charge in [-0.15, -0.1) is 0 Å². The molecule has 0 N–H and O–H groups in total. The van der Waals surface area contributed by atoms with Gasteiger partial charge in [0.1, 0.15) is 5.82 Å². The Balaban J connectivity index is 2.25. The summed E-state index contributed by atoms with van der Waals surface area (Å²) >= 11 is 0. The van der Waals surface area contributed by atoms with Crippen LogP contribution in [0.2, 0.25) is 0 Å². The normalized spacial score (nSPS) is 10.5. The highest BCUT2D eigenvalue weighted by atomic mass is 15.1. The van der Waals surface area contributed by atoms with Crippen LogP contribution in [0.4, 0.5) is 0 Å². The van der Waals surface area contributed by atoms with Gasteiger partial charge in [-0.05, 0) is 18.6 Å². The monoisotopic (exact) mass is 201 g/mol. The molecule has 3 heteroatoms. The Morgan fingerprint density at radius 3 is 3.00 bits per heavy atom. The average Bonchev–Trinajstić information content (AvgIpc) is 2.75. The van der Waals surface area contributed by atoms with E-state index in [0.717, 1.165) is 17.9 Å². The van der Waals surface area contributed by atoms with E-state index in [9.17, 15) is 0 Å². The Labute approximate surface area is 89.8 Å². The van der Waals surface area contributed by atoms with E-state index in [-0.39, 0.29) is 0 Å². The minimum Gasteiger partial charge on any atom is -0.331 e. The highest BCUT2D eigenvalue weighted by Crippen LogP contribution is 2.16. The minimum absolute atomic E-state index is 1.01. The maximum absolute atomic E-state index is 4.36. The van der Waals surface area contributed by atoms with E-state index < -0.39 is 0 Å². The molecule has 0 spiro atoms. The smallest absolute Gasteiger partial charge is 0.141 e. The second kappa shape index (κ2) is 4.73. The summed E-state index contributed by atoms with van der Waals surface area (Å²) in [4.78, 5) is 8.47.